The molecule has 202 valence electrons. The normalized spacial score (nSPS) is 16.0. The first-order chi connectivity index (χ1) is 19.2. The molecule has 0 bridgehead atoms. The van der Waals surface area contributed by atoms with Crippen LogP contribution in [0.1, 0.15) is 11.3 Å². The van der Waals surface area contributed by atoms with Gasteiger partial charge in [-0.2, -0.15) is 4.31 Å². The largest absolute Gasteiger partial charge is 0.436 e. The van der Waals surface area contributed by atoms with Gasteiger partial charge in [0, 0.05) is 22.0 Å². The van der Waals surface area contributed by atoms with Crippen LogP contribution in [0.4, 0.5) is 5.69 Å². The van der Waals surface area contributed by atoms with Crippen LogP contribution in [0.3, 0.4) is 0 Å². The topological polar surface area (TPSA) is 101 Å². The Kier molecular flexibility index (Phi) is 6.97. The molecule has 1 aliphatic rings. The van der Waals surface area contributed by atoms with Crippen LogP contribution in [0, 0.1) is 0 Å². The molecule has 0 aliphatic carbocycles. The van der Waals surface area contributed by atoms with Gasteiger partial charge in [0.2, 0.25) is 21.8 Å². The number of para-hydroxylation sites is 2. The lowest BCUT2D eigenvalue weighted by Crippen LogP contribution is -2.45. The molecule has 3 heterocycles. The summed E-state index contributed by atoms with van der Waals surface area (Å²) < 4.78 is 34.6. The molecule has 3 aromatic carbocycles. The van der Waals surface area contributed by atoms with E-state index in [2.05, 4.69) is 4.98 Å². The third kappa shape index (κ3) is 4.82. The van der Waals surface area contributed by atoms with Crippen LogP contribution in [0.5, 0.6) is 0 Å². The lowest BCUT2D eigenvalue weighted by atomic mass is 10.2. The third-order valence-electron chi connectivity index (χ3n) is 6.51. The van der Waals surface area contributed by atoms with Gasteiger partial charge in [-0.25, -0.2) is 18.3 Å². The van der Waals surface area contributed by atoms with Crippen molar-refractivity contribution in [3.63, 3.8) is 0 Å². The number of nitrogens with zero attached hydrogens (tertiary/aromatic N) is 3. The lowest BCUT2D eigenvalue weighted by molar-refractivity contribution is -0.122. The van der Waals surface area contributed by atoms with Crippen LogP contribution in [0.25, 0.3) is 22.6 Å². The molecule has 40 heavy (non-hydrogen) atoms. The highest BCUT2D eigenvalue weighted by Crippen LogP contribution is 2.35. The highest BCUT2D eigenvalue weighted by atomic mass is 35.5. The molecule has 1 fully saturated rings. The number of fused-ring (bicyclic) bond motifs is 1. The number of rotatable bonds is 7. The Hall–Kier alpha value is -3.54. The zero-order valence-electron chi connectivity index (χ0n) is 20.5. The predicted molar refractivity (Wildman–Crippen MR) is 154 cm³/mol. The third-order valence-corrected chi connectivity index (χ3v) is 9.94. The number of aromatic nitrogens is 1. The lowest BCUT2D eigenvalue weighted by Gasteiger charge is -2.27. The van der Waals surface area contributed by atoms with E-state index >= 15 is 0 Å². The quantitative estimate of drug-likeness (QED) is 0.198. The number of carbonyl (C=O) groups is 2. The molecule has 0 radical (unpaired) electrons. The number of sulfonamides is 1. The summed E-state index contributed by atoms with van der Waals surface area (Å²) in [6.07, 6.45) is -0.325. The van der Waals surface area contributed by atoms with Crippen LogP contribution in [0.15, 0.2) is 93.6 Å². The van der Waals surface area contributed by atoms with Gasteiger partial charge in [-0.3, -0.25) is 9.59 Å². The van der Waals surface area contributed by atoms with Crippen molar-refractivity contribution < 1.29 is 22.4 Å². The fourth-order valence-electron chi connectivity index (χ4n) is 4.58. The van der Waals surface area contributed by atoms with Gasteiger partial charge in [-0.15, -0.1) is 11.3 Å². The average Bonchev–Trinajstić information content (AvgIpc) is 3.68. The second kappa shape index (κ2) is 10.5. The van der Waals surface area contributed by atoms with E-state index in [1.165, 1.54) is 29.5 Å². The minimum absolute atomic E-state index is 0.0380. The van der Waals surface area contributed by atoms with Gasteiger partial charge >= 0.3 is 0 Å². The number of amides is 2. The van der Waals surface area contributed by atoms with Crippen molar-refractivity contribution in [2.45, 2.75) is 23.9 Å². The van der Waals surface area contributed by atoms with Gasteiger partial charge in [-0.05, 0) is 66.0 Å². The fraction of sp³-hybridized carbons (Fsp3) is 0.107. The molecule has 8 nitrogen and oxygen atoms in total. The summed E-state index contributed by atoms with van der Waals surface area (Å²) in [6.45, 7) is -0.114. The molecular weight excluding hydrogens is 593 g/mol. The maximum atomic E-state index is 13.9. The van der Waals surface area contributed by atoms with Crippen LogP contribution in [0.2, 0.25) is 10.0 Å². The van der Waals surface area contributed by atoms with Gasteiger partial charge in [-0.1, -0.05) is 41.4 Å². The number of anilines is 1. The zero-order valence-corrected chi connectivity index (χ0v) is 23.7. The summed E-state index contributed by atoms with van der Waals surface area (Å²) in [6, 6.07) is 20.3. The molecule has 0 spiro atoms. The number of carbonyl (C=O) groups excluding carboxylic acids is 2. The molecule has 6 rings (SSSR count). The Morgan fingerprint density at radius 3 is 2.50 bits per heavy atom. The molecule has 2 amide bonds. The van der Waals surface area contributed by atoms with Crippen molar-refractivity contribution in [3.8, 4) is 11.5 Å². The molecule has 0 N–H and O–H groups in total. The molecule has 5 aromatic rings. The smallest absolute Gasteiger partial charge is 0.252 e. The number of imide groups is 1. The summed E-state index contributed by atoms with van der Waals surface area (Å²) in [5, 5.41) is 1.94. The molecular formula is C28H19Cl2N3O5S2. The van der Waals surface area contributed by atoms with Crippen molar-refractivity contribution >= 4 is 73.2 Å². The van der Waals surface area contributed by atoms with E-state index in [0.29, 0.717) is 33.1 Å². The van der Waals surface area contributed by atoms with Crippen LogP contribution < -0.4 is 4.90 Å². The van der Waals surface area contributed by atoms with Gasteiger partial charge in [0.25, 0.3) is 5.91 Å². The minimum Gasteiger partial charge on any atom is -0.436 e. The second-order valence-corrected chi connectivity index (χ2v) is 12.8. The summed E-state index contributed by atoms with van der Waals surface area (Å²) in [5.41, 5.74) is 2.32. The first kappa shape index (κ1) is 26.7. The van der Waals surface area contributed by atoms with Gasteiger partial charge < -0.3 is 4.42 Å². The van der Waals surface area contributed by atoms with Crippen LogP contribution in [-0.4, -0.2) is 35.6 Å². The van der Waals surface area contributed by atoms with E-state index in [4.69, 9.17) is 27.6 Å². The van der Waals surface area contributed by atoms with Crippen LogP contribution >= 0.6 is 34.5 Å². The SMILES string of the molecule is O=C1CC(N(Cc2cccs2)S(=O)(=O)c2cc(Cl)ccc2Cl)C(=O)N1c1ccc(-c2nc3ccccc3o2)cc1. The fourth-order valence-corrected chi connectivity index (χ4v) is 7.66. The van der Waals surface area contributed by atoms with Crippen molar-refractivity contribution in [1.29, 1.82) is 0 Å². The average molecular weight is 613 g/mol. The summed E-state index contributed by atoms with van der Waals surface area (Å²) >= 11 is 13.7. The highest BCUT2D eigenvalue weighted by Gasteiger charge is 2.47. The van der Waals surface area contributed by atoms with Gasteiger partial charge in [0.1, 0.15) is 16.5 Å². The standard InChI is InChI=1S/C28H19Cl2N3O5S2/c29-18-9-12-21(30)25(14-18)40(36,37)32(16-20-4-3-13-39-20)23-15-26(34)33(28(23)35)19-10-7-17(8-11-19)27-31-22-5-1-2-6-24(22)38-27/h1-14,23H,15-16H2. The first-order valence-corrected chi connectivity index (χ1v) is 15.1. The number of thiophene rings is 1. The number of halogens is 2. The van der Waals surface area contributed by atoms with E-state index in [1.54, 1.807) is 41.8 Å². The molecule has 2 aromatic heterocycles. The molecule has 1 saturated heterocycles. The Balaban J connectivity index is 1.33. The van der Waals surface area contributed by atoms with E-state index in [0.717, 1.165) is 9.21 Å². The Morgan fingerprint density at radius 2 is 1.77 bits per heavy atom. The maximum Gasteiger partial charge on any atom is 0.252 e. The molecule has 0 saturated carbocycles. The minimum atomic E-state index is -4.33. The number of hydrogen-bond donors (Lipinski definition) is 0. The summed E-state index contributed by atoms with van der Waals surface area (Å²) in [5.74, 6) is -0.776. The second-order valence-electron chi connectivity index (χ2n) is 9.03. The Bertz CT molecular complexity index is 1820. The maximum absolute atomic E-state index is 13.9. The molecule has 1 atom stereocenters. The zero-order chi connectivity index (χ0) is 28.0. The summed E-state index contributed by atoms with van der Waals surface area (Å²) in [7, 11) is -4.33. The Labute approximate surface area is 243 Å². The van der Waals surface area contributed by atoms with Crippen molar-refractivity contribution in [3.05, 3.63) is 99.2 Å². The Morgan fingerprint density at radius 1 is 1.00 bits per heavy atom. The molecule has 12 heteroatoms. The van der Waals surface area contributed by atoms with Gasteiger partial charge in [0.05, 0.1) is 17.1 Å². The van der Waals surface area contributed by atoms with Gasteiger partial charge in [0.15, 0.2) is 5.58 Å². The van der Waals surface area contributed by atoms with Crippen molar-refractivity contribution in [2.24, 2.45) is 0 Å². The van der Waals surface area contributed by atoms with Crippen molar-refractivity contribution in [2.75, 3.05) is 4.90 Å². The number of oxazole rings is 1. The van der Waals surface area contributed by atoms with Crippen molar-refractivity contribution in [1.82, 2.24) is 9.29 Å². The number of benzene rings is 3. The predicted octanol–water partition coefficient (Wildman–Crippen LogP) is 6.39. The van der Waals surface area contributed by atoms with E-state index in [9.17, 15) is 18.0 Å². The first-order valence-electron chi connectivity index (χ1n) is 12.0. The summed E-state index contributed by atoms with van der Waals surface area (Å²) in [4.78, 5) is 32.8. The molecule has 1 aliphatic heterocycles. The van der Waals surface area contributed by atoms with E-state index in [-0.39, 0.29) is 27.9 Å². The monoisotopic (exact) mass is 611 g/mol. The number of hydrogen-bond acceptors (Lipinski definition) is 7. The molecule has 1 unspecified atom stereocenters. The van der Waals surface area contributed by atoms with E-state index < -0.39 is 27.9 Å². The van der Waals surface area contributed by atoms with E-state index in [1.807, 2.05) is 24.3 Å². The highest BCUT2D eigenvalue weighted by molar-refractivity contribution is 7.89. The van der Waals surface area contributed by atoms with Crippen LogP contribution in [-0.2, 0) is 26.2 Å².